The smallest absolute Gasteiger partial charge is 0.411 e. The summed E-state index contributed by atoms with van der Waals surface area (Å²) in [6.07, 6.45) is 0.628. The number of hydrogen-bond acceptors (Lipinski definition) is 4. The molecule has 2 N–H and O–H groups in total. The zero-order valence-electron chi connectivity index (χ0n) is 13.5. The van der Waals surface area contributed by atoms with E-state index in [1.165, 1.54) is 0 Å². The maximum Gasteiger partial charge on any atom is 0.411 e. The lowest BCUT2D eigenvalue weighted by Crippen LogP contribution is -2.44. The Labute approximate surface area is 126 Å². The number of β-amino-alcohol motifs (C(OH)–C–C–N with tert-alkyl or cyclic N) is 1. The lowest BCUT2D eigenvalue weighted by molar-refractivity contribution is -0.142. The van der Waals surface area contributed by atoms with E-state index in [0.29, 0.717) is 12.3 Å². The van der Waals surface area contributed by atoms with Crippen LogP contribution in [0.3, 0.4) is 0 Å². The van der Waals surface area contributed by atoms with Gasteiger partial charge in [-0.1, -0.05) is 13.8 Å². The molecular formula is C15H27NO5. The van der Waals surface area contributed by atoms with E-state index < -0.39 is 29.3 Å². The van der Waals surface area contributed by atoms with Gasteiger partial charge in [-0.2, -0.15) is 0 Å². The Morgan fingerprint density at radius 1 is 1.38 bits per heavy atom. The van der Waals surface area contributed by atoms with E-state index in [0.717, 1.165) is 11.3 Å². The summed E-state index contributed by atoms with van der Waals surface area (Å²) in [6.45, 7) is 9.26. The Morgan fingerprint density at radius 3 is 2.38 bits per heavy atom. The highest BCUT2D eigenvalue weighted by molar-refractivity contribution is 5.81. The number of amides is 1. The van der Waals surface area contributed by atoms with Crippen molar-refractivity contribution in [3.05, 3.63) is 0 Å². The van der Waals surface area contributed by atoms with E-state index in [-0.39, 0.29) is 13.0 Å². The fraction of sp³-hybridized carbons (Fsp3) is 0.867. The molecule has 0 radical (unpaired) electrons. The first kappa shape index (κ1) is 17.8. The van der Waals surface area contributed by atoms with Gasteiger partial charge in [0.05, 0.1) is 12.1 Å². The van der Waals surface area contributed by atoms with Crippen LogP contribution in [0, 0.1) is 5.92 Å². The zero-order chi connectivity index (χ0) is 16.4. The molecule has 6 nitrogen and oxygen atoms in total. The topological polar surface area (TPSA) is 87.1 Å². The molecule has 1 aliphatic heterocycles. The molecule has 0 aromatic rings. The summed E-state index contributed by atoms with van der Waals surface area (Å²) >= 11 is 0. The second-order valence-corrected chi connectivity index (χ2v) is 7.32. The Morgan fingerprint density at radius 2 is 1.95 bits per heavy atom. The maximum absolute atomic E-state index is 12.1. The summed E-state index contributed by atoms with van der Waals surface area (Å²) in [6, 6.07) is -1.03. The van der Waals surface area contributed by atoms with Crippen LogP contribution >= 0.6 is 0 Å². The summed E-state index contributed by atoms with van der Waals surface area (Å²) in [4.78, 5) is 24.6. The minimum atomic E-state index is -1.15. The van der Waals surface area contributed by atoms with Crippen molar-refractivity contribution in [2.45, 2.75) is 71.1 Å². The average molecular weight is 301 g/mol. The van der Waals surface area contributed by atoms with Gasteiger partial charge in [0, 0.05) is 6.42 Å². The molecular weight excluding hydrogens is 274 g/mol. The number of aliphatic hydroxyl groups is 1. The number of carbonyl (C=O) groups is 2. The lowest BCUT2D eigenvalue weighted by Gasteiger charge is -2.27. The fourth-order valence-corrected chi connectivity index (χ4v) is 2.43. The highest BCUT2D eigenvalue weighted by Crippen LogP contribution is 2.33. The first-order chi connectivity index (χ1) is 9.43. The summed E-state index contributed by atoms with van der Waals surface area (Å²) < 4.78 is 5.23. The van der Waals surface area contributed by atoms with Crippen LogP contribution in [0.25, 0.3) is 0 Å². The number of aliphatic carboxylic acids is 1. The van der Waals surface area contributed by atoms with Crippen LogP contribution in [0.5, 0.6) is 0 Å². The van der Waals surface area contributed by atoms with Crippen LogP contribution in [0.15, 0.2) is 0 Å². The average Bonchev–Trinajstić information content (AvgIpc) is 2.64. The van der Waals surface area contributed by atoms with Crippen LogP contribution in [-0.4, -0.2) is 51.0 Å². The number of ether oxygens (including phenoxy) is 1. The van der Waals surface area contributed by atoms with Gasteiger partial charge in [-0.3, -0.25) is 4.90 Å². The second-order valence-electron chi connectivity index (χ2n) is 7.32. The number of likely N-dealkylation sites (tertiary alicyclic amines) is 1. The van der Waals surface area contributed by atoms with Crippen LogP contribution in [0.1, 0.15) is 53.9 Å². The Bertz CT molecular complexity index is 401. The molecule has 122 valence electrons. The van der Waals surface area contributed by atoms with Gasteiger partial charge >= 0.3 is 12.1 Å². The molecule has 0 saturated carbocycles. The van der Waals surface area contributed by atoms with Crippen molar-refractivity contribution in [2.24, 2.45) is 5.92 Å². The molecule has 1 saturated heterocycles. The molecule has 6 heteroatoms. The van der Waals surface area contributed by atoms with E-state index in [4.69, 9.17) is 4.74 Å². The van der Waals surface area contributed by atoms with Gasteiger partial charge in [-0.05, 0) is 39.5 Å². The van der Waals surface area contributed by atoms with Gasteiger partial charge < -0.3 is 14.9 Å². The largest absolute Gasteiger partial charge is 0.480 e. The molecule has 1 aliphatic rings. The van der Waals surface area contributed by atoms with Crippen molar-refractivity contribution >= 4 is 12.1 Å². The number of hydrogen-bond donors (Lipinski definition) is 2. The maximum atomic E-state index is 12.1. The van der Waals surface area contributed by atoms with Gasteiger partial charge in [-0.25, -0.2) is 9.59 Å². The third-order valence-electron chi connectivity index (χ3n) is 3.51. The monoisotopic (exact) mass is 301 g/mol. The third-order valence-corrected chi connectivity index (χ3v) is 3.51. The molecule has 1 rings (SSSR count). The fourth-order valence-electron chi connectivity index (χ4n) is 2.43. The molecule has 1 fully saturated rings. The van der Waals surface area contributed by atoms with E-state index >= 15 is 0 Å². The molecule has 0 bridgehead atoms. The standard InChI is InChI=1S/C15H27NO5/c1-10(2)6-7-15(20)8-11(12(17)18)16(9-15)13(19)21-14(3,4)5/h10-11,20H,6-9H2,1-5H3,(H,17,18). The van der Waals surface area contributed by atoms with Gasteiger partial charge in [0.25, 0.3) is 0 Å². The minimum Gasteiger partial charge on any atom is -0.480 e. The molecule has 1 heterocycles. The summed E-state index contributed by atoms with van der Waals surface area (Å²) in [5.41, 5.74) is -1.84. The van der Waals surface area contributed by atoms with Crippen LogP contribution < -0.4 is 0 Å². The number of carboxylic acid groups (broad SMARTS) is 1. The van der Waals surface area contributed by atoms with Gasteiger partial charge in [0.1, 0.15) is 11.6 Å². The van der Waals surface area contributed by atoms with Crippen molar-refractivity contribution in [3.63, 3.8) is 0 Å². The highest BCUT2D eigenvalue weighted by atomic mass is 16.6. The molecule has 21 heavy (non-hydrogen) atoms. The van der Waals surface area contributed by atoms with E-state index in [9.17, 15) is 19.8 Å². The van der Waals surface area contributed by atoms with Crippen LogP contribution in [-0.2, 0) is 9.53 Å². The van der Waals surface area contributed by atoms with Gasteiger partial charge in [-0.15, -0.1) is 0 Å². The van der Waals surface area contributed by atoms with E-state index in [1.807, 2.05) is 13.8 Å². The minimum absolute atomic E-state index is 0.00556. The third kappa shape index (κ3) is 5.19. The first-order valence-electron chi connectivity index (χ1n) is 7.38. The predicted octanol–water partition coefficient (Wildman–Crippen LogP) is 2.25. The normalized spacial score (nSPS) is 26.2. The number of carboxylic acids is 1. The quantitative estimate of drug-likeness (QED) is 0.831. The molecule has 0 aliphatic carbocycles. The van der Waals surface area contributed by atoms with Crippen molar-refractivity contribution in [3.8, 4) is 0 Å². The Balaban J connectivity index is 2.82. The first-order valence-corrected chi connectivity index (χ1v) is 7.38. The molecule has 0 spiro atoms. The Kier molecular flexibility index (Phi) is 5.25. The lowest BCUT2D eigenvalue weighted by atomic mass is 9.91. The summed E-state index contributed by atoms with van der Waals surface area (Å²) in [5, 5.41) is 19.8. The second kappa shape index (κ2) is 6.22. The highest BCUT2D eigenvalue weighted by Gasteiger charge is 2.48. The predicted molar refractivity (Wildman–Crippen MR) is 78.0 cm³/mol. The van der Waals surface area contributed by atoms with Gasteiger partial charge in [0.2, 0.25) is 0 Å². The number of carbonyl (C=O) groups excluding carboxylic acids is 1. The van der Waals surface area contributed by atoms with Crippen LogP contribution in [0.4, 0.5) is 4.79 Å². The number of rotatable bonds is 4. The zero-order valence-corrected chi connectivity index (χ0v) is 13.5. The van der Waals surface area contributed by atoms with E-state index in [1.54, 1.807) is 20.8 Å². The summed E-state index contributed by atoms with van der Waals surface area (Å²) in [5.74, 6) is -0.700. The summed E-state index contributed by atoms with van der Waals surface area (Å²) in [7, 11) is 0. The molecule has 0 aromatic heterocycles. The molecule has 2 unspecified atom stereocenters. The molecule has 0 aromatic carbocycles. The molecule has 2 atom stereocenters. The Hall–Kier alpha value is -1.30. The van der Waals surface area contributed by atoms with Crippen LogP contribution in [0.2, 0.25) is 0 Å². The van der Waals surface area contributed by atoms with Crippen molar-refractivity contribution in [2.75, 3.05) is 6.54 Å². The van der Waals surface area contributed by atoms with Crippen molar-refractivity contribution in [1.82, 2.24) is 4.90 Å². The van der Waals surface area contributed by atoms with Gasteiger partial charge in [0.15, 0.2) is 0 Å². The molecule has 1 amide bonds. The van der Waals surface area contributed by atoms with E-state index in [2.05, 4.69) is 0 Å². The number of nitrogens with zero attached hydrogens (tertiary/aromatic N) is 1. The van der Waals surface area contributed by atoms with Crippen molar-refractivity contribution in [1.29, 1.82) is 0 Å². The van der Waals surface area contributed by atoms with Crippen molar-refractivity contribution < 1.29 is 24.5 Å². The SMILES string of the molecule is CC(C)CCC1(O)CC(C(=O)O)N(C(=O)OC(C)(C)C)C1.